The fourth-order valence-corrected chi connectivity index (χ4v) is 5.81. The maximum atomic E-state index is 13.5. The van der Waals surface area contributed by atoms with Gasteiger partial charge in [-0.3, -0.25) is 19.7 Å². The van der Waals surface area contributed by atoms with Crippen molar-refractivity contribution in [2.24, 2.45) is 0 Å². The molecule has 262 valence electrons. The van der Waals surface area contributed by atoms with E-state index in [1.807, 2.05) is 0 Å². The Labute approximate surface area is 283 Å². The summed E-state index contributed by atoms with van der Waals surface area (Å²) in [6, 6.07) is 12.9. The van der Waals surface area contributed by atoms with E-state index in [1.165, 1.54) is 44.8 Å². The van der Waals surface area contributed by atoms with Crippen LogP contribution in [-0.2, 0) is 19.5 Å². The number of benzene rings is 2. The third-order valence-electron chi connectivity index (χ3n) is 6.64. The number of aliphatic hydroxyl groups is 1. The zero-order chi connectivity index (χ0) is 36.1. The minimum atomic E-state index is -4.33. The summed E-state index contributed by atoms with van der Waals surface area (Å²) in [5.41, 5.74) is -0.775. The molecule has 0 aliphatic carbocycles. The first-order chi connectivity index (χ1) is 22.9. The van der Waals surface area contributed by atoms with Crippen molar-refractivity contribution in [2.75, 3.05) is 35.9 Å². The van der Waals surface area contributed by atoms with E-state index in [1.54, 1.807) is 65.9 Å². The molecule has 0 spiro atoms. The number of ether oxygens (including phenoxy) is 2. The molecule has 49 heavy (non-hydrogen) atoms. The molecule has 4 aromatic rings. The molecule has 0 fully saturated rings. The number of aromatic nitrogens is 3. The molecule has 0 aliphatic rings. The highest BCUT2D eigenvalue weighted by Crippen LogP contribution is 2.30. The van der Waals surface area contributed by atoms with Crippen LogP contribution in [0.3, 0.4) is 0 Å². The summed E-state index contributed by atoms with van der Waals surface area (Å²) in [4.78, 5) is 43.7. The normalized spacial score (nSPS) is 12.0. The van der Waals surface area contributed by atoms with Gasteiger partial charge in [-0.05, 0) is 71.4 Å². The molecule has 0 radical (unpaired) electrons. The lowest BCUT2D eigenvalue weighted by atomic mass is 10.1. The number of fused-ring (bicyclic) bond motifs is 1. The van der Waals surface area contributed by atoms with Crippen LogP contribution >= 0.6 is 0 Å². The van der Waals surface area contributed by atoms with Crippen LogP contribution in [0.25, 0.3) is 16.8 Å². The number of anilines is 2. The average molecular weight is 698 g/mol. The van der Waals surface area contributed by atoms with Crippen LogP contribution in [0, 0.1) is 10.1 Å². The van der Waals surface area contributed by atoms with Crippen LogP contribution in [0.1, 0.15) is 41.5 Å². The standard InChI is InChI=1S/C32H39N7O9S/c1-31(2,3)47-29(41)36(18-19-40)16-17-37(30(42)48-32(4,5)6)27-14-15-38-28(34-27)24(21-33-38)22-10-9-11-23(20-22)35-49(45,46)26-13-8-7-12-25(26)39(43)44/h7-15,20-21,35,40H,16-19H2,1-6H3. The predicted molar refractivity (Wildman–Crippen MR) is 181 cm³/mol. The Morgan fingerprint density at radius 2 is 1.63 bits per heavy atom. The van der Waals surface area contributed by atoms with Crippen molar-refractivity contribution in [3.63, 3.8) is 0 Å². The molecular formula is C32H39N7O9S. The highest BCUT2D eigenvalue weighted by molar-refractivity contribution is 7.92. The number of aliphatic hydroxyl groups excluding tert-OH is 1. The molecule has 4 rings (SSSR count). The lowest BCUT2D eigenvalue weighted by Crippen LogP contribution is -2.45. The van der Waals surface area contributed by atoms with E-state index in [-0.39, 0.29) is 37.7 Å². The summed E-state index contributed by atoms with van der Waals surface area (Å²) in [7, 11) is -4.33. The average Bonchev–Trinajstić information content (AvgIpc) is 3.42. The topological polar surface area (TPSA) is 199 Å². The highest BCUT2D eigenvalue weighted by atomic mass is 32.2. The maximum absolute atomic E-state index is 13.5. The van der Waals surface area contributed by atoms with E-state index >= 15 is 0 Å². The number of nitrogens with zero attached hydrogens (tertiary/aromatic N) is 6. The number of carbonyl (C=O) groups is 2. The maximum Gasteiger partial charge on any atom is 0.416 e. The van der Waals surface area contributed by atoms with Gasteiger partial charge in [0.15, 0.2) is 10.5 Å². The van der Waals surface area contributed by atoms with Gasteiger partial charge < -0.3 is 19.5 Å². The van der Waals surface area contributed by atoms with Gasteiger partial charge in [-0.1, -0.05) is 24.3 Å². The van der Waals surface area contributed by atoms with Gasteiger partial charge in [-0.2, -0.15) is 5.10 Å². The van der Waals surface area contributed by atoms with E-state index in [4.69, 9.17) is 14.5 Å². The number of nitro benzene ring substituents is 1. The molecule has 17 heteroatoms. The molecule has 0 aliphatic heterocycles. The number of carbonyl (C=O) groups excluding carboxylic acids is 2. The Morgan fingerprint density at radius 3 is 2.29 bits per heavy atom. The van der Waals surface area contributed by atoms with Crippen molar-refractivity contribution < 1.29 is 37.5 Å². The first kappa shape index (κ1) is 36.5. The number of nitro groups is 1. The monoisotopic (exact) mass is 697 g/mol. The van der Waals surface area contributed by atoms with Gasteiger partial charge in [0, 0.05) is 43.1 Å². The summed E-state index contributed by atoms with van der Waals surface area (Å²) < 4.78 is 41.3. The van der Waals surface area contributed by atoms with Gasteiger partial charge >= 0.3 is 12.2 Å². The molecule has 16 nitrogen and oxygen atoms in total. The molecule has 2 heterocycles. The second kappa shape index (κ2) is 14.4. The van der Waals surface area contributed by atoms with Crippen molar-refractivity contribution in [1.82, 2.24) is 19.5 Å². The third kappa shape index (κ3) is 9.41. The molecule has 0 bridgehead atoms. The van der Waals surface area contributed by atoms with Crippen LogP contribution in [0.15, 0.2) is 71.9 Å². The number of nitrogens with one attached hydrogen (secondary N) is 1. The van der Waals surface area contributed by atoms with Crippen molar-refractivity contribution in [3.8, 4) is 11.1 Å². The minimum absolute atomic E-state index is 0.0184. The molecular weight excluding hydrogens is 658 g/mol. The lowest BCUT2D eigenvalue weighted by molar-refractivity contribution is -0.387. The van der Waals surface area contributed by atoms with Crippen LogP contribution in [0.5, 0.6) is 0 Å². The number of amides is 2. The van der Waals surface area contributed by atoms with E-state index in [2.05, 4.69) is 9.82 Å². The van der Waals surface area contributed by atoms with E-state index < -0.39 is 48.9 Å². The first-order valence-electron chi connectivity index (χ1n) is 15.2. The molecule has 2 amide bonds. The Morgan fingerprint density at radius 1 is 0.959 bits per heavy atom. The van der Waals surface area contributed by atoms with Gasteiger partial charge in [0.2, 0.25) is 0 Å². The summed E-state index contributed by atoms with van der Waals surface area (Å²) in [5, 5.41) is 25.4. The Bertz CT molecular complexity index is 1950. The van der Waals surface area contributed by atoms with Crippen LogP contribution in [-0.4, -0.2) is 87.6 Å². The minimum Gasteiger partial charge on any atom is -0.444 e. The van der Waals surface area contributed by atoms with Gasteiger partial charge in [0.25, 0.3) is 15.7 Å². The second-order valence-corrected chi connectivity index (χ2v) is 14.5. The molecule has 2 N–H and O–H groups in total. The lowest BCUT2D eigenvalue weighted by Gasteiger charge is -2.30. The summed E-state index contributed by atoms with van der Waals surface area (Å²) in [5.74, 6) is 0.171. The van der Waals surface area contributed by atoms with Gasteiger partial charge in [0.05, 0.1) is 17.7 Å². The van der Waals surface area contributed by atoms with Crippen molar-refractivity contribution in [1.29, 1.82) is 0 Å². The van der Waals surface area contributed by atoms with Gasteiger partial charge in [-0.15, -0.1) is 0 Å². The Kier molecular flexibility index (Phi) is 10.8. The Hall–Kier alpha value is -5.29. The number of rotatable bonds is 11. The molecule has 0 unspecified atom stereocenters. The van der Waals surface area contributed by atoms with Gasteiger partial charge in [0.1, 0.15) is 17.0 Å². The number of hydrogen-bond donors (Lipinski definition) is 2. The zero-order valence-electron chi connectivity index (χ0n) is 28.0. The largest absolute Gasteiger partial charge is 0.444 e. The van der Waals surface area contributed by atoms with Crippen LogP contribution in [0.4, 0.5) is 26.8 Å². The molecule has 0 saturated carbocycles. The first-order valence-corrected chi connectivity index (χ1v) is 16.7. The molecule has 0 saturated heterocycles. The zero-order valence-corrected chi connectivity index (χ0v) is 28.8. The number of hydrogen-bond acceptors (Lipinski definition) is 11. The highest BCUT2D eigenvalue weighted by Gasteiger charge is 2.29. The van der Waals surface area contributed by atoms with Crippen molar-refractivity contribution in [2.45, 2.75) is 57.6 Å². The third-order valence-corrected chi connectivity index (χ3v) is 8.07. The fraction of sp³-hybridized carbons (Fsp3) is 0.375. The SMILES string of the molecule is CC(C)(C)OC(=O)N(CCO)CCN(C(=O)OC(C)(C)C)c1ccn2ncc(-c3cccc(NS(=O)(=O)c4ccccc4[N+](=O)[O-])c3)c2n1. The van der Waals surface area contributed by atoms with Crippen LogP contribution in [0.2, 0.25) is 0 Å². The van der Waals surface area contributed by atoms with E-state index in [0.717, 1.165) is 12.1 Å². The van der Waals surface area contributed by atoms with E-state index in [0.29, 0.717) is 16.8 Å². The molecule has 2 aromatic carbocycles. The summed E-state index contributed by atoms with van der Waals surface area (Å²) in [6.45, 7) is 9.85. The summed E-state index contributed by atoms with van der Waals surface area (Å²) in [6.07, 6.45) is 1.71. The second-order valence-electron chi connectivity index (χ2n) is 12.8. The van der Waals surface area contributed by atoms with Crippen molar-refractivity contribution >= 4 is 45.0 Å². The van der Waals surface area contributed by atoms with Gasteiger partial charge in [-0.25, -0.2) is 27.5 Å². The fourth-order valence-electron chi connectivity index (χ4n) is 4.59. The smallest absolute Gasteiger partial charge is 0.416 e. The quantitative estimate of drug-likeness (QED) is 0.157. The van der Waals surface area contributed by atoms with E-state index in [9.17, 15) is 33.2 Å². The van der Waals surface area contributed by atoms with Crippen molar-refractivity contribution in [3.05, 3.63) is 77.1 Å². The Balaban J connectivity index is 1.68. The number of para-hydroxylation sites is 1. The van der Waals surface area contributed by atoms with Crippen LogP contribution < -0.4 is 9.62 Å². The molecule has 0 atom stereocenters. The molecule has 2 aromatic heterocycles. The predicted octanol–water partition coefficient (Wildman–Crippen LogP) is 5.08. The number of sulfonamides is 1. The summed E-state index contributed by atoms with van der Waals surface area (Å²) >= 11 is 0.